The van der Waals surface area contributed by atoms with Crippen molar-refractivity contribution in [1.82, 2.24) is 0 Å². The van der Waals surface area contributed by atoms with Gasteiger partial charge >= 0.3 is 0 Å². The number of nitrogens with zero attached hydrogens (tertiary/aromatic N) is 1. The number of hydrogen-bond acceptors (Lipinski definition) is 2. The smallest absolute Gasteiger partial charge is 0.229 e. The fraction of sp³-hybridized carbons (Fsp3) is 0.300. The zero-order chi connectivity index (χ0) is 18.0. The molecule has 0 aliphatic carbocycles. The zero-order valence-electron chi connectivity index (χ0n) is 14.3. The fourth-order valence-electron chi connectivity index (χ4n) is 2.95. The Bertz CT molecular complexity index is 769. The van der Waals surface area contributed by atoms with Crippen LogP contribution >= 0.6 is 11.6 Å². The third-order valence-electron chi connectivity index (χ3n) is 4.48. The number of nitrogens with one attached hydrogen (secondary N) is 1. The number of halogens is 1. The molecule has 130 valence electrons. The first-order valence-electron chi connectivity index (χ1n) is 8.41. The molecule has 0 saturated carbocycles. The van der Waals surface area contributed by atoms with E-state index in [1.807, 2.05) is 24.3 Å². The lowest BCUT2D eigenvalue weighted by molar-refractivity contribution is -0.122. The Hall–Kier alpha value is -2.33. The quantitative estimate of drug-likeness (QED) is 0.879. The molecular weight excluding hydrogens is 336 g/mol. The predicted octanol–water partition coefficient (Wildman–Crippen LogP) is 4.46. The molecule has 0 spiro atoms. The third kappa shape index (κ3) is 4.02. The highest BCUT2D eigenvalue weighted by Gasteiger charge is 2.35. The molecule has 0 radical (unpaired) electrons. The highest BCUT2D eigenvalue weighted by atomic mass is 35.5. The average Bonchev–Trinajstić information content (AvgIpc) is 2.98. The van der Waals surface area contributed by atoms with Crippen LogP contribution in [0.2, 0.25) is 5.02 Å². The minimum Gasteiger partial charge on any atom is -0.326 e. The van der Waals surface area contributed by atoms with Crippen molar-refractivity contribution in [3.63, 3.8) is 0 Å². The summed E-state index contributed by atoms with van der Waals surface area (Å²) in [6.45, 7) is 4.64. The molecule has 1 saturated heterocycles. The van der Waals surface area contributed by atoms with E-state index < -0.39 is 0 Å². The van der Waals surface area contributed by atoms with E-state index in [-0.39, 0.29) is 24.2 Å². The van der Waals surface area contributed by atoms with Gasteiger partial charge in [-0.1, -0.05) is 37.6 Å². The van der Waals surface area contributed by atoms with Gasteiger partial charge in [0.25, 0.3) is 0 Å². The zero-order valence-corrected chi connectivity index (χ0v) is 15.1. The van der Waals surface area contributed by atoms with Crippen LogP contribution in [0, 0.1) is 5.92 Å². The van der Waals surface area contributed by atoms with Crippen LogP contribution in [0.15, 0.2) is 48.5 Å². The molecule has 1 N–H and O–H groups in total. The molecule has 1 atom stereocenters. The molecule has 1 heterocycles. The lowest BCUT2D eigenvalue weighted by atomic mass is 10.0. The predicted molar refractivity (Wildman–Crippen MR) is 101 cm³/mol. The Morgan fingerprint density at radius 3 is 2.36 bits per heavy atom. The Balaban J connectivity index is 1.65. The highest BCUT2D eigenvalue weighted by molar-refractivity contribution is 6.30. The molecule has 0 aromatic heterocycles. The summed E-state index contributed by atoms with van der Waals surface area (Å²) in [4.78, 5) is 26.4. The van der Waals surface area contributed by atoms with Gasteiger partial charge in [0.2, 0.25) is 11.8 Å². The van der Waals surface area contributed by atoms with Crippen LogP contribution < -0.4 is 10.2 Å². The van der Waals surface area contributed by atoms with E-state index in [1.54, 1.807) is 29.2 Å². The standard InChI is InChI=1S/C20H21ClN2O2/c1-13(2)14-3-7-17(8-4-14)22-20(25)15-11-19(24)23(12-15)18-9-5-16(21)6-10-18/h3-10,13,15H,11-12H2,1-2H3,(H,22,25). The maximum atomic E-state index is 12.5. The summed E-state index contributed by atoms with van der Waals surface area (Å²) in [6.07, 6.45) is 0.221. The summed E-state index contributed by atoms with van der Waals surface area (Å²) in [6, 6.07) is 14.9. The number of hydrogen-bond donors (Lipinski definition) is 1. The first-order valence-corrected chi connectivity index (χ1v) is 8.78. The van der Waals surface area contributed by atoms with Gasteiger partial charge in [0.15, 0.2) is 0 Å². The number of benzene rings is 2. The van der Waals surface area contributed by atoms with E-state index >= 15 is 0 Å². The molecule has 2 aromatic rings. The van der Waals surface area contributed by atoms with Gasteiger partial charge in [-0.2, -0.15) is 0 Å². The lowest BCUT2D eigenvalue weighted by Crippen LogP contribution is -2.28. The van der Waals surface area contributed by atoms with Gasteiger partial charge in [0, 0.05) is 29.4 Å². The average molecular weight is 357 g/mol. The van der Waals surface area contributed by atoms with Crippen LogP contribution in [-0.4, -0.2) is 18.4 Å². The van der Waals surface area contributed by atoms with Gasteiger partial charge in [-0.25, -0.2) is 0 Å². The first-order chi connectivity index (χ1) is 11.9. The summed E-state index contributed by atoms with van der Waals surface area (Å²) in [5.74, 6) is -0.0715. The van der Waals surface area contributed by atoms with Crippen molar-refractivity contribution in [3.05, 3.63) is 59.1 Å². The van der Waals surface area contributed by atoms with Gasteiger partial charge in [0.05, 0.1) is 5.92 Å². The van der Waals surface area contributed by atoms with Crippen molar-refractivity contribution in [1.29, 1.82) is 0 Å². The number of rotatable bonds is 4. The van der Waals surface area contributed by atoms with Gasteiger partial charge in [-0.3, -0.25) is 9.59 Å². The van der Waals surface area contributed by atoms with E-state index in [0.29, 0.717) is 17.5 Å². The van der Waals surface area contributed by atoms with Gasteiger partial charge < -0.3 is 10.2 Å². The highest BCUT2D eigenvalue weighted by Crippen LogP contribution is 2.27. The second-order valence-electron chi connectivity index (χ2n) is 6.65. The van der Waals surface area contributed by atoms with E-state index in [1.165, 1.54) is 5.56 Å². The monoisotopic (exact) mass is 356 g/mol. The molecule has 0 bridgehead atoms. The largest absolute Gasteiger partial charge is 0.326 e. The van der Waals surface area contributed by atoms with Crippen LogP contribution in [0.5, 0.6) is 0 Å². The topological polar surface area (TPSA) is 49.4 Å². The van der Waals surface area contributed by atoms with Gasteiger partial charge in [0.1, 0.15) is 0 Å². The molecule has 1 aliphatic rings. The molecule has 25 heavy (non-hydrogen) atoms. The molecular formula is C20H21ClN2O2. The molecule has 1 fully saturated rings. The molecule has 5 heteroatoms. The van der Waals surface area contributed by atoms with E-state index in [2.05, 4.69) is 19.2 Å². The first kappa shape index (κ1) is 17.5. The van der Waals surface area contributed by atoms with E-state index in [4.69, 9.17) is 11.6 Å². The summed E-state index contributed by atoms with van der Waals surface area (Å²) in [5, 5.41) is 3.53. The second-order valence-corrected chi connectivity index (χ2v) is 7.08. The molecule has 2 aromatic carbocycles. The summed E-state index contributed by atoms with van der Waals surface area (Å²) < 4.78 is 0. The van der Waals surface area contributed by atoms with Crippen molar-refractivity contribution in [2.45, 2.75) is 26.2 Å². The van der Waals surface area contributed by atoms with Gasteiger partial charge in [-0.05, 0) is 47.9 Å². The van der Waals surface area contributed by atoms with Crippen molar-refractivity contribution in [2.75, 3.05) is 16.8 Å². The Labute approximate surface area is 152 Å². The van der Waals surface area contributed by atoms with Crippen molar-refractivity contribution in [3.8, 4) is 0 Å². The number of carbonyl (C=O) groups is 2. The summed E-state index contributed by atoms with van der Waals surface area (Å²) >= 11 is 5.89. The number of anilines is 2. The SMILES string of the molecule is CC(C)c1ccc(NC(=O)C2CC(=O)N(c3ccc(Cl)cc3)C2)cc1. The van der Waals surface area contributed by atoms with Crippen LogP contribution in [0.4, 0.5) is 11.4 Å². The van der Waals surface area contributed by atoms with Crippen LogP contribution in [0.25, 0.3) is 0 Å². The third-order valence-corrected chi connectivity index (χ3v) is 4.73. The molecule has 4 nitrogen and oxygen atoms in total. The van der Waals surface area contributed by atoms with Crippen molar-refractivity contribution < 1.29 is 9.59 Å². The second kappa shape index (κ2) is 7.28. The lowest BCUT2D eigenvalue weighted by Gasteiger charge is -2.17. The van der Waals surface area contributed by atoms with Crippen LogP contribution in [0.3, 0.4) is 0 Å². The van der Waals surface area contributed by atoms with Gasteiger partial charge in [-0.15, -0.1) is 0 Å². The Morgan fingerprint density at radius 2 is 1.76 bits per heavy atom. The minimum absolute atomic E-state index is 0.0439. The van der Waals surface area contributed by atoms with Crippen LogP contribution in [-0.2, 0) is 9.59 Å². The minimum atomic E-state index is -0.354. The molecule has 1 aliphatic heterocycles. The number of carbonyl (C=O) groups excluding carboxylic acids is 2. The Morgan fingerprint density at radius 1 is 1.12 bits per heavy atom. The summed E-state index contributed by atoms with van der Waals surface area (Å²) in [7, 11) is 0. The maximum absolute atomic E-state index is 12.5. The number of amides is 2. The van der Waals surface area contributed by atoms with E-state index in [0.717, 1.165) is 11.4 Å². The summed E-state index contributed by atoms with van der Waals surface area (Å²) in [5.41, 5.74) is 2.75. The fourth-order valence-corrected chi connectivity index (χ4v) is 3.08. The van der Waals surface area contributed by atoms with E-state index in [9.17, 15) is 9.59 Å². The molecule has 3 rings (SSSR count). The maximum Gasteiger partial charge on any atom is 0.229 e. The van der Waals surface area contributed by atoms with Crippen molar-refractivity contribution in [2.24, 2.45) is 5.92 Å². The molecule has 1 unspecified atom stereocenters. The normalized spacial score (nSPS) is 17.2. The Kier molecular flexibility index (Phi) is 5.09. The van der Waals surface area contributed by atoms with Crippen LogP contribution in [0.1, 0.15) is 31.7 Å². The van der Waals surface area contributed by atoms with Crippen molar-refractivity contribution >= 4 is 34.8 Å². The molecule has 2 amide bonds.